The zero-order valence-electron chi connectivity index (χ0n) is 11.3. The van der Waals surface area contributed by atoms with Crippen LogP contribution >= 0.6 is 0 Å². The molecular formula is C13H9K2NO4. The van der Waals surface area contributed by atoms with Gasteiger partial charge in [-0.25, -0.2) is 0 Å². The van der Waals surface area contributed by atoms with Crippen molar-refractivity contribution in [3.05, 3.63) is 42.0 Å². The molecule has 0 saturated carbocycles. The van der Waals surface area contributed by atoms with Gasteiger partial charge in [-0.3, -0.25) is 0 Å². The number of carboxylic acid groups (broad SMARTS) is 2. The van der Waals surface area contributed by atoms with Crippen molar-refractivity contribution >= 4 is 28.4 Å². The van der Waals surface area contributed by atoms with Gasteiger partial charge in [-0.2, -0.15) is 0 Å². The van der Waals surface area contributed by atoms with Crippen molar-refractivity contribution in [1.82, 2.24) is 0 Å². The van der Waals surface area contributed by atoms with Crippen molar-refractivity contribution in [3.63, 3.8) is 0 Å². The van der Waals surface area contributed by atoms with Crippen molar-refractivity contribution in [2.75, 3.05) is 11.9 Å². The summed E-state index contributed by atoms with van der Waals surface area (Å²) in [5.41, 5.74) is 0.132. The zero-order chi connectivity index (χ0) is 13.1. The van der Waals surface area contributed by atoms with Gasteiger partial charge in [-0.1, -0.05) is 24.3 Å². The van der Waals surface area contributed by atoms with Crippen LogP contribution in [-0.4, -0.2) is 18.5 Å². The second-order valence-electron chi connectivity index (χ2n) is 3.76. The fourth-order valence-electron chi connectivity index (χ4n) is 1.72. The van der Waals surface area contributed by atoms with E-state index in [0.717, 1.165) is 10.8 Å². The first-order chi connectivity index (χ1) is 8.58. The van der Waals surface area contributed by atoms with Crippen LogP contribution in [0.4, 0.5) is 5.69 Å². The van der Waals surface area contributed by atoms with Gasteiger partial charge in [0.2, 0.25) is 0 Å². The van der Waals surface area contributed by atoms with Gasteiger partial charge in [0, 0.05) is 11.3 Å². The van der Waals surface area contributed by atoms with Gasteiger partial charge in [0.05, 0.1) is 18.5 Å². The molecule has 5 nitrogen and oxygen atoms in total. The fraction of sp³-hybridized carbons (Fsp3) is 0.0769. The van der Waals surface area contributed by atoms with Crippen LogP contribution < -0.4 is 118 Å². The normalized spacial score (nSPS) is 9.20. The number of carbonyl (C=O) groups is 2. The van der Waals surface area contributed by atoms with Crippen molar-refractivity contribution in [2.45, 2.75) is 0 Å². The maximum atomic E-state index is 11.0. The van der Waals surface area contributed by atoms with Crippen LogP contribution in [0.15, 0.2) is 36.4 Å². The number of hydrogen-bond acceptors (Lipinski definition) is 5. The van der Waals surface area contributed by atoms with E-state index in [9.17, 15) is 19.8 Å². The molecule has 0 fully saturated rings. The van der Waals surface area contributed by atoms with E-state index in [1.165, 1.54) is 6.07 Å². The molecule has 0 aromatic heterocycles. The Labute approximate surface area is 201 Å². The summed E-state index contributed by atoms with van der Waals surface area (Å²) in [6.45, 7) is -0.460. The Bertz CT molecular complexity index is 631. The fourth-order valence-corrected chi connectivity index (χ4v) is 1.72. The maximum absolute atomic E-state index is 11.0. The minimum atomic E-state index is -1.36. The third-order valence-corrected chi connectivity index (χ3v) is 2.53. The number of nitrogens with one attached hydrogen (secondary N) is 1. The predicted molar refractivity (Wildman–Crippen MR) is 61.8 cm³/mol. The number of carbonyl (C=O) groups excluding carboxylic acids is 2. The topological polar surface area (TPSA) is 92.3 Å². The summed E-state index contributed by atoms with van der Waals surface area (Å²) in [6, 6.07) is 10.2. The Hall–Kier alpha value is 0.713. The van der Waals surface area contributed by atoms with E-state index in [-0.39, 0.29) is 114 Å². The monoisotopic (exact) mass is 321 g/mol. The number of aromatic carboxylic acids is 1. The van der Waals surface area contributed by atoms with Gasteiger partial charge in [-0.15, -0.1) is 0 Å². The number of fused-ring (bicyclic) bond motifs is 1. The Kier molecular flexibility index (Phi) is 10.0. The molecule has 0 bridgehead atoms. The predicted octanol–water partition coefficient (Wildman–Crippen LogP) is -6.63. The number of carboxylic acids is 2. The first-order valence-corrected chi connectivity index (χ1v) is 5.26. The Morgan fingerprint density at radius 1 is 1.00 bits per heavy atom. The van der Waals surface area contributed by atoms with E-state index in [1.54, 1.807) is 24.3 Å². The second-order valence-corrected chi connectivity index (χ2v) is 3.76. The summed E-state index contributed by atoms with van der Waals surface area (Å²) in [7, 11) is 0. The summed E-state index contributed by atoms with van der Waals surface area (Å²) < 4.78 is 0. The SMILES string of the molecule is O=C([O-])CNc1cc2ccccc2cc1C(=O)[O-].[K+].[K+]. The van der Waals surface area contributed by atoms with Crippen LogP contribution in [0.5, 0.6) is 0 Å². The largest absolute Gasteiger partial charge is 1.00 e. The molecule has 0 amide bonds. The summed E-state index contributed by atoms with van der Waals surface area (Å²) in [5, 5.41) is 25.4. The van der Waals surface area contributed by atoms with E-state index in [0.29, 0.717) is 0 Å². The van der Waals surface area contributed by atoms with Crippen molar-refractivity contribution in [2.24, 2.45) is 0 Å². The molecule has 2 rings (SSSR count). The quantitative estimate of drug-likeness (QED) is 0.565. The summed E-state index contributed by atoms with van der Waals surface area (Å²) in [6.07, 6.45) is 0. The molecule has 0 atom stereocenters. The van der Waals surface area contributed by atoms with Crippen LogP contribution in [0.1, 0.15) is 10.4 Å². The van der Waals surface area contributed by atoms with Gasteiger partial charge in [0.15, 0.2) is 0 Å². The molecule has 20 heavy (non-hydrogen) atoms. The van der Waals surface area contributed by atoms with Crippen LogP contribution in [0.25, 0.3) is 10.8 Å². The summed E-state index contributed by atoms with van der Waals surface area (Å²) in [4.78, 5) is 21.4. The van der Waals surface area contributed by atoms with E-state index in [1.807, 2.05) is 6.07 Å². The molecule has 0 heterocycles. The molecule has 2 aromatic rings. The van der Waals surface area contributed by atoms with Crippen LogP contribution in [0.3, 0.4) is 0 Å². The number of anilines is 1. The Morgan fingerprint density at radius 3 is 2.05 bits per heavy atom. The molecule has 7 heteroatoms. The van der Waals surface area contributed by atoms with E-state index in [2.05, 4.69) is 5.32 Å². The molecule has 0 aliphatic carbocycles. The molecule has 92 valence electrons. The average Bonchev–Trinajstić information content (AvgIpc) is 2.35. The Morgan fingerprint density at radius 2 is 1.55 bits per heavy atom. The smallest absolute Gasteiger partial charge is 0.548 e. The number of aliphatic carboxylic acids is 1. The molecule has 0 aliphatic heterocycles. The average molecular weight is 321 g/mol. The van der Waals surface area contributed by atoms with Gasteiger partial charge in [-0.05, 0) is 22.9 Å². The first kappa shape index (κ1) is 20.7. The molecule has 0 radical (unpaired) electrons. The maximum Gasteiger partial charge on any atom is 1.00 e. The minimum Gasteiger partial charge on any atom is -0.548 e. The summed E-state index contributed by atoms with van der Waals surface area (Å²) >= 11 is 0. The van der Waals surface area contributed by atoms with Gasteiger partial charge in [0.25, 0.3) is 0 Å². The standard InChI is InChI=1S/C13H11NO4.2K/c15-12(16)7-14-11-6-9-4-2-1-3-8(9)5-10(11)13(17)18;;/h1-6,14H,7H2,(H,15,16)(H,17,18);;/q;2*+1/p-2. The van der Waals surface area contributed by atoms with Crippen molar-refractivity contribution in [1.29, 1.82) is 0 Å². The van der Waals surface area contributed by atoms with Gasteiger partial charge in [0.1, 0.15) is 0 Å². The number of benzene rings is 2. The van der Waals surface area contributed by atoms with Crippen molar-refractivity contribution < 1.29 is 123 Å². The first-order valence-electron chi connectivity index (χ1n) is 5.26. The molecule has 1 N–H and O–H groups in total. The van der Waals surface area contributed by atoms with E-state index >= 15 is 0 Å². The molecule has 0 spiro atoms. The second kappa shape index (κ2) is 9.67. The zero-order valence-corrected chi connectivity index (χ0v) is 17.6. The third kappa shape index (κ3) is 5.49. The van der Waals surface area contributed by atoms with E-state index < -0.39 is 18.5 Å². The van der Waals surface area contributed by atoms with Crippen molar-refractivity contribution in [3.8, 4) is 0 Å². The van der Waals surface area contributed by atoms with Gasteiger partial charge >= 0.3 is 103 Å². The third-order valence-electron chi connectivity index (χ3n) is 2.53. The molecule has 2 aromatic carbocycles. The van der Waals surface area contributed by atoms with E-state index in [4.69, 9.17) is 0 Å². The minimum absolute atomic E-state index is 0. The summed E-state index contributed by atoms with van der Waals surface area (Å²) in [5.74, 6) is -2.67. The van der Waals surface area contributed by atoms with Gasteiger partial charge < -0.3 is 25.1 Å². The molecule has 0 saturated heterocycles. The van der Waals surface area contributed by atoms with Crippen LogP contribution in [-0.2, 0) is 4.79 Å². The van der Waals surface area contributed by atoms with Crippen LogP contribution in [0.2, 0.25) is 0 Å². The van der Waals surface area contributed by atoms with Crippen LogP contribution in [0, 0.1) is 0 Å². The molecule has 0 unspecified atom stereocenters. The Balaban J connectivity index is 0.00000180. The number of rotatable bonds is 4. The number of hydrogen-bond donors (Lipinski definition) is 1. The molecule has 0 aliphatic rings. The molecular weight excluding hydrogens is 312 g/mol.